The van der Waals surface area contributed by atoms with Gasteiger partial charge in [-0.2, -0.15) is 0 Å². The Balaban J connectivity index is 1.68. The molecule has 3 atom stereocenters. The first kappa shape index (κ1) is 16.5. The highest BCUT2D eigenvalue weighted by Gasteiger charge is 2.39. The molecule has 0 bridgehead atoms. The fourth-order valence-corrected chi connectivity index (χ4v) is 4.97. The molecule has 3 rings (SSSR count). The summed E-state index contributed by atoms with van der Waals surface area (Å²) in [6.07, 6.45) is 2.60. The molecule has 0 aromatic heterocycles. The van der Waals surface area contributed by atoms with E-state index in [9.17, 15) is 9.18 Å². The SMILES string of the molecule is C=Nc1c(F)cc(C(=O)O)cc1SCN1C[C@H]2CC(C)C[C@H]2C1. The van der Waals surface area contributed by atoms with E-state index in [1.165, 1.54) is 30.7 Å². The minimum Gasteiger partial charge on any atom is -0.478 e. The van der Waals surface area contributed by atoms with Crippen molar-refractivity contribution in [3.05, 3.63) is 23.5 Å². The zero-order valence-electron chi connectivity index (χ0n) is 13.2. The van der Waals surface area contributed by atoms with Gasteiger partial charge in [0.25, 0.3) is 0 Å². The summed E-state index contributed by atoms with van der Waals surface area (Å²) in [5.41, 5.74) is 0.0949. The zero-order valence-corrected chi connectivity index (χ0v) is 14.0. The van der Waals surface area contributed by atoms with Crippen molar-refractivity contribution in [3.8, 4) is 0 Å². The quantitative estimate of drug-likeness (QED) is 0.655. The molecule has 1 aromatic carbocycles. The predicted octanol–water partition coefficient (Wildman–Crippen LogP) is 3.88. The zero-order chi connectivity index (χ0) is 16.6. The Bertz CT molecular complexity index is 623. The molecule has 2 aliphatic rings. The molecule has 1 N–H and O–H groups in total. The summed E-state index contributed by atoms with van der Waals surface area (Å²) in [4.78, 5) is 17.7. The molecule has 1 saturated heterocycles. The van der Waals surface area contributed by atoms with Gasteiger partial charge in [0.05, 0.1) is 5.56 Å². The minimum atomic E-state index is -1.13. The van der Waals surface area contributed by atoms with Crippen LogP contribution in [0.5, 0.6) is 0 Å². The maximum atomic E-state index is 14.0. The van der Waals surface area contributed by atoms with E-state index in [1.54, 1.807) is 0 Å². The second-order valence-electron chi connectivity index (χ2n) is 6.67. The number of carboxylic acid groups (broad SMARTS) is 1. The lowest BCUT2D eigenvalue weighted by Crippen LogP contribution is -2.21. The molecule has 0 radical (unpaired) electrons. The number of aromatic carboxylic acids is 1. The molecular weight excluding hydrogens is 315 g/mol. The third-order valence-corrected chi connectivity index (χ3v) is 6.01. The summed E-state index contributed by atoms with van der Waals surface area (Å²) in [6, 6.07) is 2.48. The molecule has 23 heavy (non-hydrogen) atoms. The average molecular weight is 336 g/mol. The van der Waals surface area contributed by atoms with Crippen LogP contribution in [0, 0.1) is 23.6 Å². The number of aliphatic imine (C=N–C) groups is 1. The summed E-state index contributed by atoms with van der Waals surface area (Å²) in [5.74, 6) is 1.36. The lowest BCUT2D eigenvalue weighted by atomic mass is 10.0. The van der Waals surface area contributed by atoms with Crippen molar-refractivity contribution < 1.29 is 14.3 Å². The number of fused-ring (bicyclic) bond motifs is 1. The maximum Gasteiger partial charge on any atom is 0.335 e. The monoisotopic (exact) mass is 336 g/mol. The molecule has 6 heteroatoms. The van der Waals surface area contributed by atoms with Gasteiger partial charge in [0.2, 0.25) is 0 Å². The van der Waals surface area contributed by atoms with Crippen LogP contribution in [-0.2, 0) is 0 Å². The van der Waals surface area contributed by atoms with Crippen LogP contribution in [0.1, 0.15) is 30.1 Å². The molecule has 1 heterocycles. The molecule has 1 saturated carbocycles. The second kappa shape index (κ2) is 6.61. The molecule has 0 amide bonds. The van der Waals surface area contributed by atoms with Gasteiger partial charge in [-0.15, -0.1) is 11.8 Å². The van der Waals surface area contributed by atoms with Crippen molar-refractivity contribution in [2.24, 2.45) is 22.7 Å². The molecule has 0 spiro atoms. The van der Waals surface area contributed by atoms with E-state index in [-0.39, 0.29) is 11.3 Å². The number of hydrogen-bond donors (Lipinski definition) is 1. The van der Waals surface area contributed by atoms with Crippen LogP contribution in [-0.4, -0.2) is 41.7 Å². The van der Waals surface area contributed by atoms with Crippen LogP contribution in [0.4, 0.5) is 10.1 Å². The van der Waals surface area contributed by atoms with Gasteiger partial charge >= 0.3 is 5.97 Å². The van der Waals surface area contributed by atoms with Crippen LogP contribution < -0.4 is 0 Å². The number of hydrogen-bond acceptors (Lipinski definition) is 4. The molecule has 1 aliphatic carbocycles. The Morgan fingerprint density at radius 2 is 2.09 bits per heavy atom. The standard InChI is InChI=1S/C17H21FN2O2S/c1-10-3-12-7-20(8-13(12)4-10)9-23-15-6-11(17(21)22)5-14(18)16(15)19-2/h5-6,10,12-13H,2-4,7-9H2,1H3,(H,21,22)/t10?,12-,13+. The highest BCUT2D eigenvalue weighted by Crippen LogP contribution is 2.42. The number of halogens is 1. The van der Waals surface area contributed by atoms with Crippen molar-refractivity contribution >= 4 is 30.1 Å². The van der Waals surface area contributed by atoms with Gasteiger partial charge in [0.1, 0.15) is 5.69 Å². The first-order valence-electron chi connectivity index (χ1n) is 7.86. The van der Waals surface area contributed by atoms with E-state index in [0.29, 0.717) is 4.90 Å². The number of carbonyl (C=O) groups is 1. The first-order valence-corrected chi connectivity index (χ1v) is 8.85. The smallest absolute Gasteiger partial charge is 0.335 e. The Labute approximate surface area is 139 Å². The molecular formula is C17H21FN2O2S. The molecule has 124 valence electrons. The Morgan fingerprint density at radius 3 is 2.65 bits per heavy atom. The highest BCUT2D eigenvalue weighted by molar-refractivity contribution is 7.99. The van der Waals surface area contributed by atoms with E-state index >= 15 is 0 Å². The molecule has 2 fully saturated rings. The number of rotatable bonds is 5. The van der Waals surface area contributed by atoms with Crippen molar-refractivity contribution in [1.29, 1.82) is 0 Å². The maximum absolute atomic E-state index is 14.0. The van der Waals surface area contributed by atoms with Crippen LogP contribution >= 0.6 is 11.8 Å². The van der Waals surface area contributed by atoms with E-state index < -0.39 is 11.8 Å². The number of carboxylic acids is 1. The molecule has 1 aromatic rings. The van der Waals surface area contributed by atoms with Gasteiger partial charge in [0.15, 0.2) is 5.82 Å². The predicted molar refractivity (Wildman–Crippen MR) is 90.2 cm³/mol. The fourth-order valence-electron chi connectivity index (χ4n) is 3.93. The third kappa shape index (κ3) is 3.43. The van der Waals surface area contributed by atoms with Crippen LogP contribution in [0.15, 0.2) is 22.0 Å². The second-order valence-corrected chi connectivity index (χ2v) is 7.66. The van der Waals surface area contributed by atoms with Crippen molar-refractivity contribution in [2.75, 3.05) is 19.0 Å². The van der Waals surface area contributed by atoms with Crippen molar-refractivity contribution in [3.63, 3.8) is 0 Å². The van der Waals surface area contributed by atoms with Crippen LogP contribution in [0.25, 0.3) is 0 Å². The van der Waals surface area contributed by atoms with Gasteiger partial charge in [-0.3, -0.25) is 9.89 Å². The number of nitrogens with zero attached hydrogens (tertiary/aromatic N) is 2. The van der Waals surface area contributed by atoms with E-state index in [1.807, 2.05) is 0 Å². The van der Waals surface area contributed by atoms with Gasteiger partial charge in [-0.25, -0.2) is 9.18 Å². The first-order chi connectivity index (χ1) is 11.0. The topological polar surface area (TPSA) is 52.9 Å². The molecule has 1 unspecified atom stereocenters. The summed E-state index contributed by atoms with van der Waals surface area (Å²) in [7, 11) is 0. The Kier molecular flexibility index (Phi) is 4.73. The fraction of sp³-hybridized carbons (Fsp3) is 0.529. The van der Waals surface area contributed by atoms with Gasteiger partial charge < -0.3 is 5.11 Å². The van der Waals surface area contributed by atoms with Gasteiger partial charge in [-0.1, -0.05) is 6.92 Å². The summed E-state index contributed by atoms with van der Waals surface area (Å²) in [6.45, 7) is 7.88. The van der Waals surface area contributed by atoms with Crippen molar-refractivity contribution in [1.82, 2.24) is 4.90 Å². The lowest BCUT2D eigenvalue weighted by molar-refractivity contribution is 0.0696. The number of thioether (sulfide) groups is 1. The van der Waals surface area contributed by atoms with Gasteiger partial charge in [-0.05, 0) is 49.4 Å². The number of likely N-dealkylation sites (tertiary alicyclic amines) is 1. The minimum absolute atomic E-state index is 0.0514. The van der Waals surface area contributed by atoms with Crippen LogP contribution in [0.3, 0.4) is 0 Å². The van der Waals surface area contributed by atoms with Gasteiger partial charge in [0, 0.05) is 23.9 Å². The van der Waals surface area contributed by atoms with Crippen molar-refractivity contribution in [2.45, 2.75) is 24.7 Å². The van der Waals surface area contributed by atoms with E-state index in [0.717, 1.165) is 42.8 Å². The molecule has 4 nitrogen and oxygen atoms in total. The lowest BCUT2D eigenvalue weighted by Gasteiger charge is -2.18. The van der Waals surface area contributed by atoms with E-state index in [2.05, 4.69) is 23.5 Å². The average Bonchev–Trinajstić information content (AvgIpc) is 3.01. The summed E-state index contributed by atoms with van der Waals surface area (Å²) in [5, 5.41) is 9.08. The number of benzene rings is 1. The molecule has 1 aliphatic heterocycles. The Morgan fingerprint density at radius 1 is 1.43 bits per heavy atom. The summed E-state index contributed by atoms with van der Waals surface area (Å²) >= 11 is 1.44. The third-order valence-electron chi connectivity index (χ3n) is 4.90. The van der Waals surface area contributed by atoms with Crippen LogP contribution in [0.2, 0.25) is 0 Å². The largest absolute Gasteiger partial charge is 0.478 e. The summed E-state index contributed by atoms with van der Waals surface area (Å²) < 4.78 is 14.0. The normalized spacial score (nSPS) is 27.1. The Hall–Kier alpha value is -1.40. The van der Waals surface area contributed by atoms with E-state index in [4.69, 9.17) is 5.11 Å². The highest BCUT2D eigenvalue weighted by atomic mass is 32.2.